The van der Waals surface area contributed by atoms with E-state index < -0.39 is 6.10 Å². The van der Waals surface area contributed by atoms with Gasteiger partial charge in [0.1, 0.15) is 13.2 Å². The Morgan fingerprint density at radius 2 is 0.588 bits per heavy atom. The van der Waals surface area contributed by atoms with Crippen LogP contribution in [0.2, 0.25) is 0 Å². The van der Waals surface area contributed by atoms with E-state index in [0.717, 1.165) is 83.5 Å². The summed E-state index contributed by atoms with van der Waals surface area (Å²) in [5.41, 5.74) is 0. The fourth-order valence-electron chi connectivity index (χ4n) is 7.68. The molecule has 0 aliphatic heterocycles. The highest BCUT2D eigenvalue weighted by molar-refractivity contribution is 5.71. The van der Waals surface area contributed by atoms with E-state index in [2.05, 4.69) is 69.4 Å². The Morgan fingerprint density at radius 3 is 1.00 bits per heavy atom. The van der Waals surface area contributed by atoms with Crippen LogP contribution in [0.4, 0.5) is 0 Å². The molecule has 0 aliphatic rings. The Balaban J connectivity index is 4.45. The predicted octanol–water partition coefficient (Wildman–Crippen LogP) is 18.9. The molecule has 0 bridgehead atoms. The minimum atomic E-state index is -0.802. The van der Waals surface area contributed by atoms with Crippen LogP contribution in [0.5, 0.6) is 0 Å². The molecule has 0 saturated carbocycles. The van der Waals surface area contributed by atoms with Gasteiger partial charge in [0.05, 0.1) is 0 Å². The molecule has 6 nitrogen and oxygen atoms in total. The molecule has 0 heterocycles. The van der Waals surface area contributed by atoms with E-state index in [-0.39, 0.29) is 31.1 Å². The number of ether oxygens (including phenoxy) is 3. The molecule has 0 fully saturated rings. The van der Waals surface area contributed by atoms with Gasteiger partial charge in [-0.05, 0) is 89.9 Å². The molecule has 0 aromatic carbocycles. The van der Waals surface area contributed by atoms with E-state index in [4.69, 9.17) is 14.2 Å². The number of hydrogen-bond donors (Lipinski definition) is 0. The number of allylic oxidation sites excluding steroid dienone is 16. The number of esters is 3. The minimum Gasteiger partial charge on any atom is -0.462 e. The first-order valence-electron chi connectivity index (χ1n) is 28.3. The second-order valence-electron chi connectivity index (χ2n) is 18.6. The molecule has 0 aliphatic carbocycles. The summed E-state index contributed by atoms with van der Waals surface area (Å²) in [5.74, 6) is -0.949. The van der Waals surface area contributed by atoms with E-state index in [0.29, 0.717) is 19.3 Å². The zero-order valence-electron chi connectivity index (χ0n) is 44.3. The lowest BCUT2D eigenvalue weighted by Crippen LogP contribution is -2.30. The number of rotatable bonds is 50. The van der Waals surface area contributed by atoms with Gasteiger partial charge in [0.2, 0.25) is 0 Å². The van der Waals surface area contributed by atoms with Crippen molar-refractivity contribution in [1.82, 2.24) is 0 Å². The van der Waals surface area contributed by atoms with Crippen LogP contribution in [0.3, 0.4) is 0 Å². The molecule has 1 unspecified atom stereocenters. The van der Waals surface area contributed by atoms with Crippen molar-refractivity contribution >= 4 is 17.9 Å². The first kappa shape index (κ1) is 64.3. The summed E-state index contributed by atoms with van der Waals surface area (Å²) in [5, 5.41) is 0. The van der Waals surface area contributed by atoms with Crippen molar-refractivity contribution < 1.29 is 28.6 Å². The van der Waals surface area contributed by atoms with Crippen LogP contribution in [0.25, 0.3) is 0 Å². The molecule has 0 spiro atoms. The zero-order valence-corrected chi connectivity index (χ0v) is 44.3. The Hall–Kier alpha value is -3.67. The number of unbranched alkanes of at least 4 members (excludes halogenated alkanes) is 28. The molecule has 0 N–H and O–H groups in total. The summed E-state index contributed by atoms with van der Waals surface area (Å²) in [7, 11) is 0. The molecule has 68 heavy (non-hydrogen) atoms. The predicted molar refractivity (Wildman–Crippen MR) is 293 cm³/mol. The Kier molecular flexibility index (Phi) is 52.9. The van der Waals surface area contributed by atoms with Crippen molar-refractivity contribution in [3.8, 4) is 0 Å². The third kappa shape index (κ3) is 53.3. The molecule has 0 saturated heterocycles. The summed E-state index contributed by atoms with van der Waals surface area (Å²) in [6.07, 6.45) is 73.9. The van der Waals surface area contributed by atoms with Crippen LogP contribution in [-0.4, -0.2) is 37.2 Å². The molecular formula is C62H104O6. The van der Waals surface area contributed by atoms with E-state index in [1.165, 1.54) is 135 Å². The maximum atomic E-state index is 12.8. The maximum Gasteiger partial charge on any atom is 0.306 e. The van der Waals surface area contributed by atoms with Crippen LogP contribution in [0.1, 0.15) is 258 Å². The van der Waals surface area contributed by atoms with E-state index in [9.17, 15) is 14.4 Å². The highest BCUT2D eigenvalue weighted by atomic mass is 16.6. The third-order valence-electron chi connectivity index (χ3n) is 11.9. The van der Waals surface area contributed by atoms with Crippen molar-refractivity contribution in [3.63, 3.8) is 0 Å². The number of carbonyl (C=O) groups excluding carboxylic acids is 3. The van der Waals surface area contributed by atoms with Crippen molar-refractivity contribution in [2.24, 2.45) is 0 Å². The minimum absolute atomic E-state index is 0.0969. The van der Waals surface area contributed by atoms with Gasteiger partial charge in [-0.3, -0.25) is 14.4 Å². The highest BCUT2D eigenvalue weighted by Gasteiger charge is 2.19. The lowest BCUT2D eigenvalue weighted by atomic mass is 10.1. The fourth-order valence-corrected chi connectivity index (χ4v) is 7.68. The highest BCUT2D eigenvalue weighted by Crippen LogP contribution is 2.15. The van der Waals surface area contributed by atoms with Crippen LogP contribution in [-0.2, 0) is 28.6 Å². The van der Waals surface area contributed by atoms with Gasteiger partial charge >= 0.3 is 17.9 Å². The number of carbonyl (C=O) groups is 3. The molecule has 0 aromatic heterocycles. The molecule has 0 rings (SSSR count). The Bertz CT molecular complexity index is 1360. The summed E-state index contributed by atoms with van der Waals surface area (Å²) in [4.78, 5) is 38.1. The van der Waals surface area contributed by atoms with Crippen LogP contribution >= 0.6 is 0 Å². The lowest BCUT2D eigenvalue weighted by Gasteiger charge is -2.18. The molecule has 0 radical (unpaired) electrons. The van der Waals surface area contributed by atoms with Gasteiger partial charge in [-0.2, -0.15) is 0 Å². The summed E-state index contributed by atoms with van der Waals surface area (Å²) < 4.78 is 16.8. The van der Waals surface area contributed by atoms with Gasteiger partial charge in [0, 0.05) is 19.3 Å². The normalized spacial score (nSPS) is 12.8. The molecule has 1 atom stereocenters. The van der Waals surface area contributed by atoms with Gasteiger partial charge in [0.15, 0.2) is 6.10 Å². The molecule has 6 heteroatoms. The van der Waals surface area contributed by atoms with E-state index >= 15 is 0 Å². The van der Waals surface area contributed by atoms with E-state index in [1.807, 2.05) is 48.6 Å². The molecule has 388 valence electrons. The second-order valence-corrected chi connectivity index (χ2v) is 18.6. The first-order chi connectivity index (χ1) is 33.5. The SMILES string of the molecule is CC\C=C/C=C\C=C/C=C\C=C/CCCCCC(=O)OCC(COC(=O)CCCCCCCCCCCC/C=C\C=C/CCCCC)OC(=O)CCCCCCC/C=C\CCCCCCCCC. The van der Waals surface area contributed by atoms with Crippen molar-refractivity contribution in [3.05, 3.63) is 97.2 Å². The second kappa shape index (κ2) is 55.9. The maximum absolute atomic E-state index is 12.8. The largest absolute Gasteiger partial charge is 0.462 e. The quantitative estimate of drug-likeness (QED) is 0.0199. The summed E-state index contributed by atoms with van der Waals surface area (Å²) in [6.45, 7) is 6.43. The number of hydrogen-bond acceptors (Lipinski definition) is 6. The average Bonchev–Trinajstić information content (AvgIpc) is 3.34. The zero-order chi connectivity index (χ0) is 49.3. The average molecular weight is 946 g/mol. The molecular weight excluding hydrogens is 841 g/mol. The monoisotopic (exact) mass is 945 g/mol. The van der Waals surface area contributed by atoms with Gasteiger partial charge in [0.25, 0.3) is 0 Å². The van der Waals surface area contributed by atoms with Gasteiger partial charge in [-0.25, -0.2) is 0 Å². The topological polar surface area (TPSA) is 78.9 Å². The van der Waals surface area contributed by atoms with Gasteiger partial charge in [-0.15, -0.1) is 0 Å². The van der Waals surface area contributed by atoms with E-state index in [1.54, 1.807) is 0 Å². The Morgan fingerprint density at radius 1 is 0.309 bits per heavy atom. The van der Waals surface area contributed by atoms with Crippen LogP contribution in [0, 0.1) is 0 Å². The van der Waals surface area contributed by atoms with Crippen LogP contribution < -0.4 is 0 Å². The first-order valence-corrected chi connectivity index (χ1v) is 28.3. The lowest BCUT2D eigenvalue weighted by molar-refractivity contribution is -0.167. The Labute approximate surface area is 419 Å². The van der Waals surface area contributed by atoms with Crippen LogP contribution in [0.15, 0.2) is 97.2 Å². The smallest absolute Gasteiger partial charge is 0.306 e. The summed E-state index contributed by atoms with van der Waals surface area (Å²) in [6, 6.07) is 0. The van der Waals surface area contributed by atoms with Gasteiger partial charge in [-0.1, -0.05) is 246 Å². The van der Waals surface area contributed by atoms with Crippen molar-refractivity contribution in [1.29, 1.82) is 0 Å². The standard InChI is InChI=1S/C62H104O6/c1-4-7-10-13-16-19-22-25-28-30-31-32-35-37-40-43-46-49-52-55-61(64)67-58-59(57-66-60(63)54-51-48-45-42-39-36-33-27-24-21-18-15-12-9-6-3)68-62(65)56-53-50-47-44-41-38-34-29-26-23-20-17-14-11-8-5-2/h9,12,15-16,18-19,21-22,24-25,27,29,33-34,36,39,59H,4-8,10-11,13-14,17,20,23,26,28,30-32,35,37-38,40-58H2,1-3H3/b12-9-,18-15-,19-16-,24-21-,25-22-,33-27-,34-29-,39-36-. The molecule has 0 aromatic rings. The molecule has 0 amide bonds. The summed E-state index contributed by atoms with van der Waals surface area (Å²) >= 11 is 0. The third-order valence-corrected chi connectivity index (χ3v) is 11.9. The van der Waals surface area contributed by atoms with Crippen molar-refractivity contribution in [2.75, 3.05) is 13.2 Å². The fraction of sp³-hybridized carbons (Fsp3) is 0.694. The van der Waals surface area contributed by atoms with Gasteiger partial charge < -0.3 is 14.2 Å². The van der Waals surface area contributed by atoms with Crippen molar-refractivity contribution in [2.45, 2.75) is 264 Å².